The van der Waals surface area contributed by atoms with Crippen LogP contribution >= 0.6 is 22.6 Å². The summed E-state index contributed by atoms with van der Waals surface area (Å²) >= 11 is 2.23. The second kappa shape index (κ2) is 4.98. The standard InChI is InChI=1S/C16H12IN3O2/c1-22-11-4-2-10(3-5-11)9-19-14-7-6-12(17)15-18-8-13(16(19)21)20(14)15/h2-8H,9H2,1H3. The number of methoxy groups -OCH3 is 1. The molecule has 3 aromatic heterocycles. The monoisotopic (exact) mass is 405 g/mol. The molecule has 5 nitrogen and oxygen atoms in total. The van der Waals surface area contributed by atoms with Crippen LogP contribution in [0.3, 0.4) is 0 Å². The van der Waals surface area contributed by atoms with Crippen molar-refractivity contribution >= 4 is 39.4 Å². The van der Waals surface area contributed by atoms with Crippen LogP contribution in [0.15, 0.2) is 47.4 Å². The third-order valence-electron chi connectivity index (χ3n) is 3.82. The van der Waals surface area contributed by atoms with E-state index in [0.717, 1.165) is 26.2 Å². The van der Waals surface area contributed by atoms with Gasteiger partial charge in [0.05, 0.1) is 23.4 Å². The number of rotatable bonds is 3. The van der Waals surface area contributed by atoms with Gasteiger partial charge in [-0.05, 0) is 52.4 Å². The van der Waals surface area contributed by atoms with Gasteiger partial charge in [0.1, 0.15) is 16.9 Å². The molecule has 4 aromatic rings. The Bertz CT molecular complexity index is 1020. The van der Waals surface area contributed by atoms with Gasteiger partial charge in [0, 0.05) is 0 Å². The summed E-state index contributed by atoms with van der Waals surface area (Å²) < 4.78 is 9.90. The fourth-order valence-electron chi connectivity index (χ4n) is 2.72. The molecule has 0 aliphatic carbocycles. The molecule has 0 spiro atoms. The summed E-state index contributed by atoms with van der Waals surface area (Å²) in [4.78, 5) is 17.0. The number of benzene rings is 1. The highest BCUT2D eigenvalue weighted by Gasteiger charge is 2.16. The lowest BCUT2D eigenvalue weighted by Gasteiger charge is -2.06. The summed E-state index contributed by atoms with van der Waals surface area (Å²) in [5.74, 6) is 0.809. The Balaban J connectivity index is 1.87. The summed E-state index contributed by atoms with van der Waals surface area (Å²) in [6, 6.07) is 11.7. The van der Waals surface area contributed by atoms with Gasteiger partial charge in [-0.2, -0.15) is 0 Å². The first-order valence-electron chi connectivity index (χ1n) is 6.80. The van der Waals surface area contributed by atoms with Crippen LogP contribution in [0.5, 0.6) is 5.75 Å². The summed E-state index contributed by atoms with van der Waals surface area (Å²) in [6.07, 6.45) is 1.65. The topological polar surface area (TPSA) is 48.5 Å². The molecule has 6 heteroatoms. The van der Waals surface area contributed by atoms with Crippen LogP contribution in [0.1, 0.15) is 5.56 Å². The lowest BCUT2D eigenvalue weighted by Crippen LogP contribution is -2.15. The number of halogens is 1. The van der Waals surface area contributed by atoms with Gasteiger partial charge in [0.2, 0.25) is 0 Å². The highest BCUT2D eigenvalue weighted by atomic mass is 127. The molecular weight excluding hydrogens is 393 g/mol. The van der Waals surface area contributed by atoms with E-state index in [-0.39, 0.29) is 5.56 Å². The Hall–Kier alpha value is -2.09. The summed E-state index contributed by atoms with van der Waals surface area (Å²) in [5.41, 5.74) is 3.36. The van der Waals surface area contributed by atoms with E-state index in [1.807, 2.05) is 40.8 Å². The van der Waals surface area contributed by atoms with Crippen molar-refractivity contribution in [1.29, 1.82) is 0 Å². The Morgan fingerprint density at radius 2 is 1.95 bits per heavy atom. The molecule has 4 rings (SSSR count). The van der Waals surface area contributed by atoms with E-state index in [0.29, 0.717) is 12.1 Å². The van der Waals surface area contributed by atoms with Gasteiger partial charge in [0.15, 0.2) is 5.65 Å². The van der Waals surface area contributed by atoms with Crippen molar-refractivity contribution in [3.63, 3.8) is 0 Å². The van der Waals surface area contributed by atoms with Crippen LogP contribution < -0.4 is 10.3 Å². The lowest BCUT2D eigenvalue weighted by molar-refractivity contribution is 0.414. The molecule has 0 saturated carbocycles. The largest absolute Gasteiger partial charge is 0.497 e. The number of aromatic nitrogens is 3. The first-order valence-corrected chi connectivity index (χ1v) is 7.87. The van der Waals surface area contributed by atoms with Crippen LogP contribution in [0, 0.1) is 3.57 Å². The van der Waals surface area contributed by atoms with Crippen molar-refractivity contribution in [3.05, 3.63) is 62.1 Å². The molecular formula is C16H12IN3O2. The molecule has 0 fully saturated rings. The van der Waals surface area contributed by atoms with Gasteiger partial charge in [-0.1, -0.05) is 12.1 Å². The second-order valence-electron chi connectivity index (χ2n) is 5.08. The molecule has 0 aliphatic heterocycles. The second-order valence-corrected chi connectivity index (χ2v) is 6.24. The SMILES string of the molecule is COc1ccc(Cn2c(=O)c3cnc4c(I)ccc2n43)cc1. The molecule has 22 heavy (non-hydrogen) atoms. The van der Waals surface area contributed by atoms with E-state index in [2.05, 4.69) is 27.6 Å². The molecule has 0 amide bonds. The number of ether oxygens (including phenoxy) is 1. The molecule has 110 valence electrons. The molecule has 0 atom stereocenters. The van der Waals surface area contributed by atoms with E-state index < -0.39 is 0 Å². The molecule has 3 heterocycles. The van der Waals surface area contributed by atoms with Crippen molar-refractivity contribution in [2.45, 2.75) is 6.54 Å². The Morgan fingerprint density at radius 3 is 2.68 bits per heavy atom. The Labute approximate surface area is 139 Å². The van der Waals surface area contributed by atoms with Gasteiger partial charge in [-0.3, -0.25) is 13.8 Å². The highest BCUT2D eigenvalue weighted by Crippen LogP contribution is 2.20. The summed E-state index contributed by atoms with van der Waals surface area (Å²) in [7, 11) is 1.64. The average Bonchev–Trinajstić information content (AvgIpc) is 3.09. The van der Waals surface area contributed by atoms with Crippen LogP contribution in [0.25, 0.3) is 16.8 Å². The first kappa shape index (κ1) is 13.6. The number of hydrogen-bond acceptors (Lipinski definition) is 3. The van der Waals surface area contributed by atoms with E-state index in [9.17, 15) is 4.79 Å². The summed E-state index contributed by atoms with van der Waals surface area (Å²) in [5, 5.41) is 0. The van der Waals surface area contributed by atoms with Crippen molar-refractivity contribution < 1.29 is 4.74 Å². The van der Waals surface area contributed by atoms with E-state index in [4.69, 9.17) is 4.74 Å². The van der Waals surface area contributed by atoms with Gasteiger partial charge in [0.25, 0.3) is 5.56 Å². The molecule has 0 aliphatic rings. The maximum atomic E-state index is 12.6. The number of hydrogen-bond donors (Lipinski definition) is 0. The fraction of sp³-hybridized carbons (Fsp3) is 0.125. The maximum Gasteiger partial charge on any atom is 0.278 e. The smallest absolute Gasteiger partial charge is 0.278 e. The minimum Gasteiger partial charge on any atom is -0.497 e. The van der Waals surface area contributed by atoms with Gasteiger partial charge < -0.3 is 4.74 Å². The van der Waals surface area contributed by atoms with Gasteiger partial charge >= 0.3 is 0 Å². The highest BCUT2D eigenvalue weighted by molar-refractivity contribution is 14.1. The maximum absolute atomic E-state index is 12.6. The van der Waals surface area contributed by atoms with Crippen LogP contribution in [0.4, 0.5) is 0 Å². The molecule has 0 unspecified atom stereocenters. The van der Waals surface area contributed by atoms with E-state index >= 15 is 0 Å². The molecule has 1 aromatic carbocycles. The first-order chi connectivity index (χ1) is 10.7. The summed E-state index contributed by atoms with van der Waals surface area (Å²) in [6.45, 7) is 0.528. The van der Waals surface area contributed by atoms with Crippen LogP contribution in [-0.2, 0) is 6.54 Å². The fourth-order valence-corrected chi connectivity index (χ4v) is 3.28. The zero-order valence-corrected chi connectivity index (χ0v) is 13.9. The van der Waals surface area contributed by atoms with E-state index in [1.165, 1.54) is 0 Å². The Kier molecular flexibility index (Phi) is 3.07. The normalized spacial score (nSPS) is 11.5. The Morgan fingerprint density at radius 1 is 1.18 bits per heavy atom. The average molecular weight is 405 g/mol. The van der Waals surface area contributed by atoms with Crippen LogP contribution in [-0.4, -0.2) is 21.1 Å². The van der Waals surface area contributed by atoms with Gasteiger partial charge in [-0.25, -0.2) is 4.98 Å². The van der Waals surface area contributed by atoms with E-state index in [1.54, 1.807) is 17.9 Å². The lowest BCUT2D eigenvalue weighted by atomic mass is 10.2. The predicted molar refractivity (Wildman–Crippen MR) is 93.0 cm³/mol. The zero-order chi connectivity index (χ0) is 15.3. The van der Waals surface area contributed by atoms with Crippen molar-refractivity contribution in [1.82, 2.24) is 14.0 Å². The molecule has 0 bridgehead atoms. The number of pyridine rings is 1. The molecule has 0 N–H and O–H groups in total. The zero-order valence-electron chi connectivity index (χ0n) is 11.8. The number of imidazole rings is 2. The van der Waals surface area contributed by atoms with Crippen molar-refractivity contribution in [3.8, 4) is 5.75 Å². The molecule has 0 radical (unpaired) electrons. The minimum atomic E-state index is -0.0136. The third kappa shape index (κ3) is 1.90. The van der Waals surface area contributed by atoms with Crippen molar-refractivity contribution in [2.24, 2.45) is 0 Å². The quantitative estimate of drug-likeness (QED) is 0.493. The predicted octanol–water partition coefficient (Wildman–Crippen LogP) is 2.75. The van der Waals surface area contributed by atoms with Crippen LogP contribution in [0.2, 0.25) is 0 Å². The minimum absolute atomic E-state index is 0.0136. The van der Waals surface area contributed by atoms with Crippen molar-refractivity contribution in [2.75, 3.05) is 7.11 Å². The number of nitrogens with zero attached hydrogens (tertiary/aromatic N) is 3. The molecule has 0 saturated heterocycles. The van der Waals surface area contributed by atoms with Gasteiger partial charge in [-0.15, -0.1) is 0 Å². The third-order valence-corrected chi connectivity index (χ3v) is 4.67.